The van der Waals surface area contributed by atoms with Crippen molar-refractivity contribution in [2.45, 2.75) is 19.4 Å². The van der Waals surface area contributed by atoms with Crippen LogP contribution in [0.1, 0.15) is 13.8 Å². The first-order valence-corrected chi connectivity index (χ1v) is 5.93. The topological polar surface area (TPSA) is 92.9 Å². The van der Waals surface area contributed by atoms with Crippen LogP contribution in [-0.4, -0.2) is 54.0 Å². The monoisotopic (exact) mass is 283 g/mol. The molecule has 0 aliphatic rings. The minimum atomic E-state index is -0.523. The van der Waals surface area contributed by atoms with Crippen molar-refractivity contribution < 1.29 is 5.11 Å². The maximum Gasteiger partial charge on any atom is 0.258 e. The summed E-state index contributed by atoms with van der Waals surface area (Å²) in [6.45, 7) is 3.67. The second kappa shape index (κ2) is 5.06. The number of aromatic nitrogens is 6. The average molecular weight is 284 g/mol. The van der Waals surface area contributed by atoms with Crippen LogP contribution in [0.3, 0.4) is 0 Å². The Labute approximate surface area is 115 Å². The van der Waals surface area contributed by atoms with Crippen molar-refractivity contribution in [3.05, 3.63) is 17.9 Å². The fourth-order valence-corrected chi connectivity index (χ4v) is 1.42. The third kappa shape index (κ3) is 2.79. The molecule has 1 N–H and O–H groups in total. The van der Waals surface area contributed by atoms with E-state index >= 15 is 0 Å². The number of aliphatic hydroxyl groups excluding tert-OH is 1. The third-order valence-electron chi connectivity index (χ3n) is 2.80. The Kier molecular flexibility index (Phi) is 3.63. The Morgan fingerprint density at radius 3 is 2.68 bits per heavy atom. The van der Waals surface area contributed by atoms with Gasteiger partial charge in [-0.25, -0.2) is 4.98 Å². The van der Waals surface area contributed by atoms with Gasteiger partial charge < -0.3 is 10.0 Å². The molecule has 2 rings (SSSR count). The number of halogens is 1. The summed E-state index contributed by atoms with van der Waals surface area (Å²) >= 11 is 5.89. The van der Waals surface area contributed by atoms with Crippen molar-refractivity contribution in [2.75, 3.05) is 18.6 Å². The van der Waals surface area contributed by atoms with E-state index in [2.05, 4.69) is 25.0 Å². The van der Waals surface area contributed by atoms with Gasteiger partial charge in [-0.2, -0.15) is 24.7 Å². The first-order chi connectivity index (χ1) is 8.94. The summed E-state index contributed by atoms with van der Waals surface area (Å²) in [6.07, 6.45) is 2.84. The van der Waals surface area contributed by atoms with E-state index in [1.54, 1.807) is 11.9 Å². The quantitative estimate of drug-likeness (QED) is 0.863. The normalized spacial score (nSPS) is 11.6. The lowest BCUT2D eigenvalue weighted by Gasteiger charge is -2.33. The Bertz CT molecular complexity index is 557. The van der Waals surface area contributed by atoms with Crippen LogP contribution in [0.15, 0.2) is 12.7 Å². The first-order valence-electron chi connectivity index (χ1n) is 5.55. The van der Waals surface area contributed by atoms with Crippen LogP contribution in [-0.2, 0) is 0 Å². The number of hydrogen-bond donors (Lipinski definition) is 1. The molecule has 8 nitrogen and oxygen atoms in total. The molecule has 19 heavy (non-hydrogen) atoms. The number of anilines is 1. The van der Waals surface area contributed by atoms with Crippen LogP contribution < -0.4 is 4.90 Å². The molecular formula is C10H14ClN7O. The summed E-state index contributed by atoms with van der Waals surface area (Å²) in [7, 11) is 1.77. The molecule has 0 saturated carbocycles. The predicted molar refractivity (Wildman–Crippen MR) is 69.3 cm³/mol. The van der Waals surface area contributed by atoms with Gasteiger partial charge in [-0.05, 0) is 25.4 Å². The maximum absolute atomic E-state index is 9.37. The smallest absolute Gasteiger partial charge is 0.258 e. The van der Waals surface area contributed by atoms with Crippen molar-refractivity contribution >= 4 is 17.5 Å². The standard InChI is InChI=1S/C10H14ClN7O/c1-10(2,4-19)17(3)8-14-7(11)15-9(16-8)18-6-12-5-13-18/h5-6,19H,4H2,1-3H3. The molecule has 0 radical (unpaired) electrons. The highest BCUT2D eigenvalue weighted by molar-refractivity contribution is 6.28. The van der Waals surface area contributed by atoms with E-state index in [9.17, 15) is 5.11 Å². The number of aliphatic hydroxyl groups is 1. The lowest BCUT2D eigenvalue weighted by molar-refractivity contribution is 0.215. The Hall–Kier alpha value is -1.80. The van der Waals surface area contributed by atoms with Gasteiger partial charge in [-0.15, -0.1) is 0 Å². The van der Waals surface area contributed by atoms with Gasteiger partial charge in [0.2, 0.25) is 11.2 Å². The number of rotatable bonds is 4. The third-order valence-corrected chi connectivity index (χ3v) is 2.97. The second-order valence-corrected chi connectivity index (χ2v) is 4.91. The molecule has 2 aromatic heterocycles. The molecule has 2 heterocycles. The molecule has 102 valence electrons. The van der Waals surface area contributed by atoms with Crippen molar-refractivity contribution in [3.8, 4) is 5.95 Å². The predicted octanol–water partition coefficient (Wildman–Crippen LogP) is 0.313. The lowest BCUT2D eigenvalue weighted by atomic mass is 10.1. The van der Waals surface area contributed by atoms with Gasteiger partial charge in [-0.1, -0.05) is 0 Å². The highest BCUT2D eigenvalue weighted by Crippen LogP contribution is 2.19. The fourth-order valence-electron chi connectivity index (χ4n) is 1.27. The maximum atomic E-state index is 9.37. The van der Waals surface area contributed by atoms with Crippen LogP contribution in [0.25, 0.3) is 5.95 Å². The summed E-state index contributed by atoms with van der Waals surface area (Å²) in [5, 5.41) is 13.4. The Morgan fingerprint density at radius 1 is 1.37 bits per heavy atom. The molecule has 2 aromatic rings. The lowest BCUT2D eigenvalue weighted by Crippen LogP contribution is -2.45. The van der Waals surface area contributed by atoms with Crippen molar-refractivity contribution in [1.82, 2.24) is 29.7 Å². The SMILES string of the molecule is CN(c1nc(Cl)nc(-n2cncn2)n1)C(C)(C)CO. The molecule has 0 aromatic carbocycles. The van der Waals surface area contributed by atoms with Crippen LogP contribution >= 0.6 is 11.6 Å². The zero-order valence-electron chi connectivity index (χ0n) is 10.8. The highest BCUT2D eigenvalue weighted by atomic mass is 35.5. The van der Waals surface area contributed by atoms with Gasteiger partial charge >= 0.3 is 0 Å². The minimum Gasteiger partial charge on any atom is -0.394 e. The van der Waals surface area contributed by atoms with E-state index in [-0.39, 0.29) is 17.8 Å². The largest absolute Gasteiger partial charge is 0.394 e. The molecule has 0 aliphatic carbocycles. The van der Waals surface area contributed by atoms with Gasteiger partial charge in [-0.3, -0.25) is 0 Å². The van der Waals surface area contributed by atoms with Crippen molar-refractivity contribution in [3.63, 3.8) is 0 Å². The van der Waals surface area contributed by atoms with Gasteiger partial charge in [0, 0.05) is 7.05 Å². The molecule has 0 unspecified atom stereocenters. The molecule has 0 saturated heterocycles. The van der Waals surface area contributed by atoms with E-state index in [1.165, 1.54) is 17.3 Å². The molecule has 0 aliphatic heterocycles. The van der Waals surface area contributed by atoms with E-state index in [4.69, 9.17) is 11.6 Å². The van der Waals surface area contributed by atoms with Crippen molar-refractivity contribution in [1.29, 1.82) is 0 Å². The summed E-state index contributed by atoms with van der Waals surface area (Å²) in [5.41, 5.74) is -0.523. The zero-order valence-corrected chi connectivity index (χ0v) is 11.6. The van der Waals surface area contributed by atoms with Gasteiger partial charge in [0.25, 0.3) is 5.95 Å². The van der Waals surface area contributed by atoms with Crippen LogP contribution in [0.5, 0.6) is 0 Å². The summed E-state index contributed by atoms with van der Waals surface area (Å²) < 4.78 is 1.39. The molecule has 9 heteroatoms. The molecule has 0 fully saturated rings. The van der Waals surface area contributed by atoms with Gasteiger partial charge in [0.15, 0.2) is 0 Å². The first kappa shape index (κ1) is 13.6. The molecule has 0 bridgehead atoms. The molecule has 0 amide bonds. The van der Waals surface area contributed by atoms with E-state index in [0.717, 1.165) is 0 Å². The van der Waals surface area contributed by atoms with E-state index in [0.29, 0.717) is 5.95 Å². The zero-order chi connectivity index (χ0) is 14.0. The Balaban J connectivity index is 2.43. The van der Waals surface area contributed by atoms with Crippen LogP contribution in [0, 0.1) is 0 Å². The summed E-state index contributed by atoms with van der Waals surface area (Å²) in [6, 6.07) is 0. The fraction of sp³-hybridized carbons (Fsp3) is 0.500. The average Bonchev–Trinajstić information content (AvgIpc) is 2.91. The van der Waals surface area contributed by atoms with Crippen LogP contribution in [0.4, 0.5) is 5.95 Å². The summed E-state index contributed by atoms with van der Waals surface area (Å²) in [5.74, 6) is 0.623. The van der Waals surface area contributed by atoms with Crippen molar-refractivity contribution in [2.24, 2.45) is 0 Å². The molecular weight excluding hydrogens is 270 g/mol. The number of likely N-dealkylation sites (N-methyl/N-ethyl adjacent to an activating group) is 1. The minimum absolute atomic E-state index is 0.0501. The molecule has 0 atom stereocenters. The summed E-state index contributed by atoms with van der Waals surface area (Å²) in [4.78, 5) is 17.8. The second-order valence-electron chi connectivity index (χ2n) is 4.57. The highest BCUT2D eigenvalue weighted by Gasteiger charge is 2.25. The van der Waals surface area contributed by atoms with Gasteiger partial charge in [0.1, 0.15) is 12.7 Å². The van der Waals surface area contributed by atoms with E-state index < -0.39 is 5.54 Å². The number of nitrogens with zero attached hydrogens (tertiary/aromatic N) is 7. The Morgan fingerprint density at radius 2 is 2.11 bits per heavy atom. The number of hydrogen-bond acceptors (Lipinski definition) is 7. The molecule has 0 spiro atoms. The van der Waals surface area contributed by atoms with E-state index in [1.807, 2.05) is 13.8 Å². The van der Waals surface area contributed by atoms with Crippen LogP contribution in [0.2, 0.25) is 5.28 Å². The van der Waals surface area contributed by atoms with Gasteiger partial charge in [0.05, 0.1) is 12.1 Å².